The van der Waals surface area contributed by atoms with Crippen LogP contribution in [0.4, 0.5) is 10.2 Å². The van der Waals surface area contributed by atoms with Crippen LogP contribution in [0.3, 0.4) is 0 Å². The summed E-state index contributed by atoms with van der Waals surface area (Å²) in [5, 5.41) is 0.863. The summed E-state index contributed by atoms with van der Waals surface area (Å²) in [5.74, 6) is 1.45. The van der Waals surface area contributed by atoms with Gasteiger partial charge in [-0.15, -0.1) is 0 Å². The third-order valence-electron chi connectivity index (χ3n) is 5.60. The fourth-order valence-corrected chi connectivity index (χ4v) is 4.08. The van der Waals surface area contributed by atoms with Gasteiger partial charge in [0.15, 0.2) is 0 Å². The summed E-state index contributed by atoms with van der Waals surface area (Å²) < 4.78 is 18.5. The van der Waals surface area contributed by atoms with Crippen molar-refractivity contribution in [3.8, 4) is 5.75 Å². The molecule has 0 atom stereocenters. The lowest BCUT2D eigenvalue weighted by atomic mass is 9.90. The molecule has 146 valence electrons. The maximum absolute atomic E-state index is 13.1. The highest BCUT2D eigenvalue weighted by atomic mass is 19.1. The molecule has 0 spiro atoms. The maximum Gasteiger partial charge on any atom is 0.252 e. The summed E-state index contributed by atoms with van der Waals surface area (Å²) >= 11 is 0. The molecule has 4 rings (SSSR count). The molecular formula is C22H24FN3O2. The molecule has 1 aliphatic rings. The average Bonchev–Trinajstić information content (AvgIpc) is 3.13. The van der Waals surface area contributed by atoms with Crippen molar-refractivity contribution in [1.82, 2.24) is 4.98 Å². The fraction of sp³-hybridized carbons (Fsp3) is 0.318. The van der Waals surface area contributed by atoms with Gasteiger partial charge in [0.05, 0.1) is 18.2 Å². The molecule has 0 unspecified atom stereocenters. The Bertz CT molecular complexity index is 989. The monoisotopic (exact) mass is 381 g/mol. The highest BCUT2D eigenvalue weighted by Gasteiger charge is 2.22. The number of carbonyl (C=O) groups excluding carboxylic acids is 1. The Labute approximate surface area is 163 Å². The number of methoxy groups -OCH3 is 1. The number of halogens is 1. The number of piperidine rings is 1. The summed E-state index contributed by atoms with van der Waals surface area (Å²) in [5.41, 5.74) is 7.96. The van der Waals surface area contributed by atoms with Gasteiger partial charge >= 0.3 is 0 Å². The van der Waals surface area contributed by atoms with Crippen molar-refractivity contribution < 1.29 is 13.9 Å². The first-order chi connectivity index (χ1) is 13.5. The number of hydrogen-bond donors (Lipinski definition) is 2. The Morgan fingerprint density at radius 1 is 1.21 bits per heavy atom. The summed E-state index contributed by atoms with van der Waals surface area (Å²) in [4.78, 5) is 17.4. The minimum Gasteiger partial charge on any atom is -0.495 e. The lowest BCUT2D eigenvalue weighted by molar-refractivity contribution is 0.0997. The van der Waals surface area contributed by atoms with E-state index in [4.69, 9.17) is 10.5 Å². The van der Waals surface area contributed by atoms with E-state index in [9.17, 15) is 9.18 Å². The first kappa shape index (κ1) is 18.3. The molecule has 3 N–H and O–H groups in total. The number of ether oxygens (including phenoxy) is 1. The van der Waals surface area contributed by atoms with Gasteiger partial charge in [-0.25, -0.2) is 4.39 Å². The van der Waals surface area contributed by atoms with Crippen LogP contribution in [0, 0.1) is 11.7 Å². The normalized spacial score (nSPS) is 15.1. The van der Waals surface area contributed by atoms with Gasteiger partial charge in [0, 0.05) is 18.5 Å². The van der Waals surface area contributed by atoms with Crippen molar-refractivity contribution in [1.29, 1.82) is 0 Å². The van der Waals surface area contributed by atoms with Crippen LogP contribution >= 0.6 is 0 Å². The van der Waals surface area contributed by atoms with Crippen molar-refractivity contribution in [2.75, 3.05) is 25.1 Å². The molecule has 1 aromatic heterocycles. The van der Waals surface area contributed by atoms with Crippen LogP contribution in [-0.2, 0) is 6.42 Å². The molecular weight excluding hydrogens is 357 g/mol. The molecule has 6 heteroatoms. The number of nitrogens with zero attached hydrogens (tertiary/aromatic N) is 1. The number of nitrogens with two attached hydrogens (primary N) is 1. The minimum atomic E-state index is -0.497. The number of carbonyl (C=O) groups is 1. The van der Waals surface area contributed by atoms with Crippen molar-refractivity contribution in [3.05, 3.63) is 59.4 Å². The zero-order valence-electron chi connectivity index (χ0n) is 15.9. The van der Waals surface area contributed by atoms with E-state index in [0.717, 1.165) is 49.1 Å². The standard InChI is InChI=1S/C22H24FN3O2/c1-28-21-17(22(24)27)6-7-19-18(21)13-20(25-19)26-10-8-15(9-11-26)12-14-2-4-16(23)5-3-14/h2-7,13,15,25H,8-12H2,1H3,(H2,24,27). The van der Waals surface area contributed by atoms with Gasteiger partial charge in [-0.3, -0.25) is 4.79 Å². The van der Waals surface area contributed by atoms with Gasteiger partial charge in [0.25, 0.3) is 5.91 Å². The van der Waals surface area contributed by atoms with E-state index >= 15 is 0 Å². The molecule has 3 aromatic rings. The van der Waals surface area contributed by atoms with Gasteiger partial charge in [0.1, 0.15) is 17.4 Å². The molecule has 2 aromatic carbocycles. The van der Waals surface area contributed by atoms with Crippen molar-refractivity contribution in [2.45, 2.75) is 19.3 Å². The Hall–Kier alpha value is -3.02. The number of hydrogen-bond acceptors (Lipinski definition) is 3. The number of fused-ring (bicyclic) bond motifs is 1. The Kier molecular flexibility index (Phi) is 4.94. The first-order valence-corrected chi connectivity index (χ1v) is 9.54. The molecule has 0 aliphatic carbocycles. The van der Waals surface area contributed by atoms with E-state index in [1.807, 2.05) is 24.3 Å². The molecule has 28 heavy (non-hydrogen) atoms. The Morgan fingerprint density at radius 3 is 2.57 bits per heavy atom. The fourth-order valence-electron chi connectivity index (χ4n) is 4.08. The largest absolute Gasteiger partial charge is 0.495 e. The molecule has 0 saturated carbocycles. The van der Waals surface area contributed by atoms with E-state index in [1.54, 1.807) is 13.2 Å². The van der Waals surface area contributed by atoms with Gasteiger partial charge in [0.2, 0.25) is 0 Å². The summed E-state index contributed by atoms with van der Waals surface area (Å²) in [6, 6.07) is 12.4. The summed E-state index contributed by atoms with van der Waals surface area (Å²) in [6.45, 7) is 1.90. The molecule has 0 bridgehead atoms. The highest BCUT2D eigenvalue weighted by molar-refractivity contribution is 6.03. The predicted octanol–water partition coefficient (Wildman–Crippen LogP) is 3.87. The molecule has 1 amide bonds. The van der Waals surface area contributed by atoms with E-state index in [2.05, 4.69) is 9.88 Å². The average molecular weight is 381 g/mol. The van der Waals surface area contributed by atoms with Crippen LogP contribution in [0.15, 0.2) is 42.5 Å². The number of nitrogens with one attached hydrogen (secondary N) is 1. The number of anilines is 1. The first-order valence-electron chi connectivity index (χ1n) is 9.54. The van der Waals surface area contributed by atoms with E-state index in [0.29, 0.717) is 17.2 Å². The third-order valence-corrected chi connectivity index (χ3v) is 5.60. The number of amides is 1. The third kappa shape index (κ3) is 3.54. The molecule has 1 aliphatic heterocycles. The second kappa shape index (κ2) is 7.54. The molecule has 2 heterocycles. The number of H-pyrrole nitrogens is 1. The van der Waals surface area contributed by atoms with Crippen LogP contribution in [0.1, 0.15) is 28.8 Å². The van der Waals surface area contributed by atoms with Crippen LogP contribution in [0.5, 0.6) is 5.75 Å². The van der Waals surface area contributed by atoms with Crippen LogP contribution in [0.2, 0.25) is 0 Å². The zero-order chi connectivity index (χ0) is 19.7. The second-order valence-electron chi connectivity index (χ2n) is 7.39. The summed E-state index contributed by atoms with van der Waals surface area (Å²) in [6.07, 6.45) is 3.14. The van der Waals surface area contributed by atoms with Crippen molar-refractivity contribution >= 4 is 22.6 Å². The number of aromatic amines is 1. The predicted molar refractivity (Wildman–Crippen MR) is 108 cm³/mol. The zero-order valence-corrected chi connectivity index (χ0v) is 15.9. The van der Waals surface area contributed by atoms with Crippen molar-refractivity contribution in [2.24, 2.45) is 11.7 Å². The van der Waals surface area contributed by atoms with Gasteiger partial charge in [-0.1, -0.05) is 12.1 Å². The summed E-state index contributed by atoms with van der Waals surface area (Å²) in [7, 11) is 1.55. The van der Waals surface area contributed by atoms with Crippen LogP contribution in [-0.4, -0.2) is 31.1 Å². The van der Waals surface area contributed by atoms with Crippen LogP contribution < -0.4 is 15.4 Å². The van der Waals surface area contributed by atoms with Gasteiger partial charge in [-0.2, -0.15) is 0 Å². The van der Waals surface area contributed by atoms with E-state index in [-0.39, 0.29) is 5.82 Å². The number of primary amides is 1. The van der Waals surface area contributed by atoms with Crippen LogP contribution in [0.25, 0.3) is 10.9 Å². The quantitative estimate of drug-likeness (QED) is 0.705. The lowest BCUT2D eigenvalue weighted by Crippen LogP contribution is -2.34. The van der Waals surface area contributed by atoms with Gasteiger partial charge in [-0.05, 0) is 61.1 Å². The van der Waals surface area contributed by atoms with Crippen molar-refractivity contribution in [3.63, 3.8) is 0 Å². The Morgan fingerprint density at radius 2 is 1.93 bits per heavy atom. The number of benzene rings is 2. The number of aromatic nitrogens is 1. The van der Waals surface area contributed by atoms with E-state index in [1.165, 1.54) is 17.7 Å². The minimum absolute atomic E-state index is 0.188. The smallest absolute Gasteiger partial charge is 0.252 e. The topological polar surface area (TPSA) is 71.3 Å². The molecule has 1 saturated heterocycles. The highest BCUT2D eigenvalue weighted by Crippen LogP contribution is 2.34. The van der Waals surface area contributed by atoms with Gasteiger partial charge < -0.3 is 20.4 Å². The van der Waals surface area contributed by atoms with E-state index < -0.39 is 5.91 Å². The molecule has 1 fully saturated rings. The Balaban J connectivity index is 1.47. The maximum atomic E-state index is 13.1. The SMILES string of the molecule is COc1c(C(N)=O)ccc2[nH]c(N3CCC(Cc4ccc(F)cc4)CC3)cc12. The number of rotatable bonds is 5. The second-order valence-corrected chi connectivity index (χ2v) is 7.39. The molecule has 5 nitrogen and oxygen atoms in total. The molecule has 0 radical (unpaired) electrons. The lowest BCUT2D eigenvalue weighted by Gasteiger charge is -2.32.